The molecule has 0 aromatic carbocycles. The minimum atomic E-state index is -0.768. The van der Waals surface area contributed by atoms with Crippen LogP contribution in [0.1, 0.15) is 54.7 Å². The predicted molar refractivity (Wildman–Crippen MR) is 84.4 cm³/mol. The Balaban J connectivity index is 3.44. The molecule has 1 amide bonds. The lowest BCUT2D eigenvalue weighted by Gasteiger charge is -2.18. The summed E-state index contributed by atoms with van der Waals surface area (Å²) in [6, 6.07) is 1.62. The number of hydrogen-bond acceptors (Lipinski definition) is 4. The number of aryl methyl sites for hydroxylation is 1. The van der Waals surface area contributed by atoms with Crippen molar-refractivity contribution in [2.24, 2.45) is 0 Å². The van der Waals surface area contributed by atoms with Gasteiger partial charge in [-0.3, -0.25) is 14.8 Å². The number of rotatable bonds is 9. The minimum Gasteiger partial charge on any atom is -0.383 e. The van der Waals surface area contributed by atoms with Crippen molar-refractivity contribution in [1.29, 1.82) is 0 Å². The highest BCUT2D eigenvalue weighted by Gasteiger charge is 2.18. The first-order valence-electron chi connectivity index (χ1n) is 7.79. The molecule has 124 valence electrons. The predicted octanol–water partition coefficient (Wildman–Crippen LogP) is 1.91. The van der Waals surface area contributed by atoms with Crippen molar-refractivity contribution in [2.75, 3.05) is 13.7 Å². The van der Waals surface area contributed by atoms with E-state index >= 15 is 0 Å². The van der Waals surface area contributed by atoms with Crippen molar-refractivity contribution in [3.05, 3.63) is 33.2 Å². The van der Waals surface area contributed by atoms with Crippen LogP contribution in [0, 0.1) is 0 Å². The van der Waals surface area contributed by atoms with Crippen LogP contribution < -0.4 is 11.0 Å². The first-order valence-corrected chi connectivity index (χ1v) is 7.79. The third-order valence-electron chi connectivity index (χ3n) is 3.64. The molecule has 2 N–H and O–H groups in total. The Labute approximate surface area is 131 Å². The zero-order valence-electron chi connectivity index (χ0n) is 13.6. The van der Waals surface area contributed by atoms with Crippen LogP contribution in [0.3, 0.4) is 0 Å². The standard InChI is InChI=1S/C16H26N2O4/c1-4-6-8-14-12(7-5-2)11-13(15(19)17-21)16(20)18(14)9-10-22-3/h11,21H,4-10H2,1-3H3,(H,17,19). The van der Waals surface area contributed by atoms with Crippen molar-refractivity contribution in [1.82, 2.24) is 10.0 Å². The summed E-state index contributed by atoms with van der Waals surface area (Å²) in [6.07, 6.45) is 4.52. The van der Waals surface area contributed by atoms with Gasteiger partial charge in [-0.2, -0.15) is 0 Å². The highest BCUT2D eigenvalue weighted by Crippen LogP contribution is 2.15. The number of nitrogens with zero attached hydrogens (tertiary/aromatic N) is 1. The summed E-state index contributed by atoms with van der Waals surface area (Å²) in [7, 11) is 1.58. The van der Waals surface area contributed by atoms with Crippen LogP contribution in [-0.2, 0) is 24.1 Å². The summed E-state index contributed by atoms with van der Waals surface area (Å²) in [6.45, 7) is 4.96. The van der Waals surface area contributed by atoms with Crippen LogP contribution in [0.15, 0.2) is 10.9 Å². The number of methoxy groups -OCH3 is 1. The van der Waals surface area contributed by atoms with E-state index in [0.29, 0.717) is 13.2 Å². The van der Waals surface area contributed by atoms with Crippen molar-refractivity contribution < 1.29 is 14.7 Å². The van der Waals surface area contributed by atoms with Crippen molar-refractivity contribution in [2.45, 2.75) is 52.5 Å². The fraction of sp³-hybridized carbons (Fsp3) is 0.625. The van der Waals surface area contributed by atoms with Gasteiger partial charge >= 0.3 is 0 Å². The second kappa shape index (κ2) is 9.38. The number of carbonyl (C=O) groups is 1. The summed E-state index contributed by atoms with van der Waals surface area (Å²) in [4.78, 5) is 24.3. The SMILES string of the molecule is CCCCc1c(CCC)cc(C(=O)NO)c(=O)n1CCOC. The molecule has 0 fully saturated rings. The Morgan fingerprint density at radius 1 is 1.32 bits per heavy atom. The maximum Gasteiger partial charge on any atom is 0.280 e. The molecule has 0 aliphatic carbocycles. The number of nitrogens with one attached hydrogen (secondary N) is 1. The van der Waals surface area contributed by atoms with Crippen LogP contribution in [-0.4, -0.2) is 29.4 Å². The van der Waals surface area contributed by atoms with Crippen molar-refractivity contribution in [3.8, 4) is 0 Å². The molecule has 0 aliphatic heterocycles. The smallest absolute Gasteiger partial charge is 0.280 e. The van der Waals surface area contributed by atoms with Gasteiger partial charge in [0, 0.05) is 19.3 Å². The molecular formula is C16H26N2O4. The molecule has 1 rings (SSSR count). The van der Waals surface area contributed by atoms with Gasteiger partial charge in [-0.15, -0.1) is 0 Å². The van der Waals surface area contributed by atoms with E-state index in [0.717, 1.165) is 43.4 Å². The van der Waals surface area contributed by atoms with Crippen LogP contribution in [0.25, 0.3) is 0 Å². The molecule has 6 nitrogen and oxygen atoms in total. The van der Waals surface area contributed by atoms with E-state index in [1.54, 1.807) is 23.2 Å². The number of pyridine rings is 1. The van der Waals surface area contributed by atoms with Gasteiger partial charge in [0.2, 0.25) is 0 Å². The zero-order valence-corrected chi connectivity index (χ0v) is 13.6. The molecule has 1 aromatic heterocycles. The zero-order chi connectivity index (χ0) is 16.5. The highest BCUT2D eigenvalue weighted by atomic mass is 16.5. The van der Waals surface area contributed by atoms with Crippen molar-refractivity contribution >= 4 is 5.91 Å². The molecule has 0 saturated carbocycles. The van der Waals surface area contributed by atoms with Gasteiger partial charge in [0.25, 0.3) is 11.5 Å². The fourth-order valence-electron chi connectivity index (χ4n) is 2.53. The number of carbonyl (C=O) groups excluding carboxylic acids is 1. The maximum absolute atomic E-state index is 12.6. The molecule has 1 heterocycles. The molecule has 0 radical (unpaired) electrons. The summed E-state index contributed by atoms with van der Waals surface area (Å²) in [5, 5.41) is 8.84. The number of unbranched alkanes of at least 4 members (excludes halogenated alkanes) is 1. The Morgan fingerprint density at radius 3 is 2.59 bits per heavy atom. The van der Waals surface area contributed by atoms with E-state index in [1.807, 2.05) is 0 Å². The summed E-state index contributed by atoms with van der Waals surface area (Å²) in [5.74, 6) is -0.768. The molecule has 22 heavy (non-hydrogen) atoms. The Morgan fingerprint density at radius 2 is 2.05 bits per heavy atom. The van der Waals surface area contributed by atoms with Gasteiger partial charge in [0.1, 0.15) is 5.56 Å². The second-order valence-corrected chi connectivity index (χ2v) is 5.27. The molecular weight excluding hydrogens is 284 g/mol. The summed E-state index contributed by atoms with van der Waals surface area (Å²) in [5.41, 5.74) is 3.11. The van der Waals surface area contributed by atoms with Crippen LogP contribution in [0.2, 0.25) is 0 Å². The summed E-state index contributed by atoms with van der Waals surface area (Å²) < 4.78 is 6.70. The molecule has 0 bridgehead atoms. The van der Waals surface area contributed by atoms with Gasteiger partial charge < -0.3 is 9.30 Å². The number of hydroxylamine groups is 1. The monoisotopic (exact) mass is 310 g/mol. The lowest BCUT2D eigenvalue weighted by Crippen LogP contribution is -2.35. The number of hydrogen-bond donors (Lipinski definition) is 2. The van der Waals surface area contributed by atoms with E-state index in [2.05, 4.69) is 13.8 Å². The van der Waals surface area contributed by atoms with Crippen LogP contribution >= 0.6 is 0 Å². The van der Waals surface area contributed by atoms with Gasteiger partial charge in [-0.1, -0.05) is 26.7 Å². The van der Waals surface area contributed by atoms with E-state index in [9.17, 15) is 9.59 Å². The first-order chi connectivity index (χ1) is 10.6. The molecule has 0 saturated heterocycles. The number of amides is 1. The lowest BCUT2D eigenvalue weighted by atomic mass is 10.0. The minimum absolute atomic E-state index is 0.0256. The Kier molecular flexibility index (Phi) is 7.84. The average molecular weight is 310 g/mol. The second-order valence-electron chi connectivity index (χ2n) is 5.27. The molecule has 0 unspecified atom stereocenters. The Bertz CT molecular complexity index is 552. The van der Waals surface area contributed by atoms with Crippen LogP contribution in [0.5, 0.6) is 0 Å². The van der Waals surface area contributed by atoms with Crippen LogP contribution in [0.4, 0.5) is 0 Å². The van der Waals surface area contributed by atoms with Crippen molar-refractivity contribution in [3.63, 3.8) is 0 Å². The average Bonchev–Trinajstić information content (AvgIpc) is 2.53. The van der Waals surface area contributed by atoms with E-state index in [-0.39, 0.29) is 11.1 Å². The van der Waals surface area contributed by atoms with E-state index in [1.165, 1.54) is 0 Å². The summed E-state index contributed by atoms with van der Waals surface area (Å²) >= 11 is 0. The quantitative estimate of drug-likeness (QED) is 0.539. The molecule has 0 spiro atoms. The highest BCUT2D eigenvalue weighted by molar-refractivity contribution is 5.93. The topological polar surface area (TPSA) is 80.6 Å². The van der Waals surface area contributed by atoms with E-state index < -0.39 is 5.91 Å². The molecule has 6 heteroatoms. The van der Waals surface area contributed by atoms with Gasteiger partial charge in [-0.05, 0) is 30.9 Å². The molecule has 0 atom stereocenters. The molecule has 0 aliphatic rings. The van der Waals surface area contributed by atoms with Gasteiger partial charge in [0.15, 0.2) is 0 Å². The Hall–Kier alpha value is -1.66. The van der Waals surface area contributed by atoms with Gasteiger partial charge in [-0.25, -0.2) is 5.48 Å². The normalized spacial score (nSPS) is 10.7. The first kappa shape index (κ1) is 18.4. The lowest BCUT2D eigenvalue weighted by molar-refractivity contribution is 0.0703. The molecule has 1 aromatic rings. The van der Waals surface area contributed by atoms with E-state index in [4.69, 9.17) is 9.94 Å². The third-order valence-corrected chi connectivity index (χ3v) is 3.64. The fourth-order valence-corrected chi connectivity index (χ4v) is 2.53. The van der Waals surface area contributed by atoms with Gasteiger partial charge in [0.05, 0.1) is 6.61 Å². The number of aromatic nitrogens is 1. The third kappa shape index (κ3) is 4.42. The largest absolute Gasteiger partial charge is 0.383 e. The maximum atomic E-state index is 12.6. The number of ether oxygens (including phenoxy) is 1.